The highest BCUT2D eigenvalue weighted by molar-refractivity contribution is 5.94. The molecule has 4 heterocycles. The van der Waals surface area contributed by atoms with E-state index in [9.17, 15) is 10.1 Å². The lowest BCUT2D eigenvalue weighted by atomic mass is 10.1. The zero-order chi connectivity index (χ0) is 32.9. The normalized spacial score (nSPS) is 11.6. The Kier molecular flexibility index (Phi) is 6.84. The highest BCUT2D eigenvalue weighted by Crippen LogP contribution is 2.34. The van der Waals surface area contributed by atoms with E-state index < -0.39 is 4.92 Å². The maximum atomic E-state index is 12.2. The molecule has 4 aromatic carbocycles. The Hall–Kier alpha value is -6.54. The Labute approximate surface area is 272 Å². The Bertz CT molecular complexity index is 2530. The summed E-state index contributed by atoms with van der Waals surface area (Å²) in [5.74, 6) is 2.13. The molecule has 0 atom stereocenters. The van der Waals surface area contributed by atoms with Gasteiger partial charge in [0.2, 0.25) is 0 Å². The lowest BCUT2D eigenvalue weighted by molar-refractivity contribution is -0.655. The average Bonchev–Trinajstić information content (AvgIpc) is 3.78. The minimum Gasteiger partial charge on any atom is -0.380 e. The number of nitrogens with zero attached hydrogens (tertiary/aromatic N) is 11. The number of nitro groups is 1. The molecular formula is C34H28N11O3+. The minimum absolute atomic E-state index is 0.0963. The third-order valence-electron chi connectivity index (χ3n) is 8.38. The van der Waals surface area contributed by atoms with Gasteiger partial charge >= 0.3 is 5.78 Å². The zero-order valence-corrected chi connectivity index (χ0v) is 26.2. The summed E-state index contributed by atoms with van der Waals surface area (Å²) in [6.45, 7) is 0.497. The number of nitro benzene ring substituents is 1. The highest BCUT2D eigenvalue weighted by atomic mass is 16.6. The van der Waals surface area contributed by atoms with Crippen molar-refractivity contribution in [2.24, 2.45) is 0 Å². The number of aromatic nitrogens is 8. The molecular weight excluding hydrogens is 610 g/mol. The molecule has 0 N–H and O–H groups in total. The van der Waals surface area contributed by atoms with Crippen molar-refractivity contribution in [3.05, 3.63) is 119 Å². The molecule has 14 nitrogen and oxygen atoms in total. The van der Waals surface area contributed by atoms with Gasteiger partial charge in [-0.1, -0.05) is 41.1 Å². The smallest absolute Gasteiger partial charge is 0.365 e. The maximum Gasteiger partial charge on any atom is 0.365 e. The molecule has 0 saturated carbocycles. The summed E-state index contributed by atoms with van der Waals surface area (Å²) in [4.78, 5) is 25.3. The molecule has 48 heavy (non-hydrogen) atoms. The van der Waals surface area contributed by atoms with Crippen LogP contribution in [0.3, 0.4) is 0 Å². The van der Waals surface area contributed by atoms with Crippen LogP contribution in [0.5, 0.6) is 0 Å². The molecule has 0 unspecified atom stereocenters. The number of rotatable bonds is 8. The van der Waals surface area contributed by atoms with Gasteiger partial charge < -0.3 is 14.5 Å². The van der Waals surface area contributed by atoms with Crippen LogP contribution in [0.15, 0.2) is 104 Å². The Balaban J connectivity index is 1.26. The van der Waals surface area contributed by atoms with Crippen LogP contribution in [-0.2, 0) is 11.3 Å². The summed E-state index contributed by atoms with van der Waals surface area (Å²) in [5.41, 5.74) is 4.66. The van der Waals surface area contributed by atoms with Gasteiger partial charge in [-0.2, -0.15) is 14.4 Å². The first-order valence-electron chi connectivity index (χ1n) is 15.0. The molecule has 8 rings (SSSR count). The first-order valence-corrected chi connectivity index (χ1v) is 15.0. The van der Waals surface area contributed by atoms with Gasteiger partial charge in [0.05, 0.1) is 34.2 Å². The van der Waals surface area contributed by atoms with E-state index in [1.54, 1.807) is 28.8 Å². The number of methoxy groups -OCH3 is 1. The standard InChI is InChI=1S/C34H28N11O3/c1-40(23-10-8-9-22(15-23)19-48-3)32-28-12-5-7-14-30(28)43-21-44(39-34(43)37-32)25-16-24(17-26(18-25)45(46)47)41(2)31-27-11-4-6-13-29(27)42-20-35-38-33(42)36-31/h4-18,20-21H,19H2,1-3H3/q+1. The molecule has 0 amide bonds. The maximum absolute atomic E-state index is 12.2. The second kappa shape index (κ2) is 11.4. The van der Waals surface area contributed by atoms with E-state index in [1.165, 1.54) is 12.1 Å². The van der Waals surface area contributed by atoms with Crippen LogP contribution in [0.2, 0.25) is 0 Å². The third-order valence-corrected chi connectivity index (χ3v) is 8.38. The molecule has 0 aliphatic carbocycles. The number of benzene rings is 4. The molecule has 8 aromatic rings. The van der Waals surface area contributed by atoms with Gasteiger partial charge in [0.25, 0.3) is 17.8 Å². The number of hydrogen-bond acceptors (Lipinski definition) is 10. The van der Waals surface area contributed by atoms with E-state index in [1.807, 2.05) is 101 Å². The van der Waals surface area contributed by atoms with Gasteiger partial charge in [-0.15, -0.1) is 10.2 Å². The summed E-state index contributed by atoms with van der Waals surface area (Å²) < 4.78 is 10.6. The van der Waals surface area contributed by atoms with Crippen molar-refractivity contribution in [1.29, 1.82) is 0 Å². The van der Waals surface area contributed by atoms with Crippen LogP contribution >= 0.6 is 0 Å². The summed E-state index contributed by atoms with van der Waals surface area (Å²) in [6.07, 6.45) is 3.39. The van der Waals surface area contributed by atoms with Crippen LogP contribution in [0.4, 0.5) is 28.7 Å². The first kappa shape index (κ1) is 28.9. The van der Waals surface area contributed by atoms with Crippen LogP contribution in [0.1, 0.15) is 5.56 Å². The Morgan fingerprint density at radius 3 is 2.23 bits per heavy atom. The summed E-state index contributed by atoms with van der Waals surface area (Å²) in [6, 6.07) is 28.6. The van der Waals surface area contributed by atoms with E-state index in [0.717, 1.165) is 33.1 Å². The average molecular weight is 639 g/mol. The van der Waals surface area contributed by atoms with Crippen LogP contribution in [0, 0.1) is 10.1 Å². The number of fused-ring (bicyclic) bond motifs is 6. The highest BCUT2D eigenvalue weighted by Gasteiger charge is 2.24. The second-order valence-corrected chi connectivity index (χ2v) is 11.3. The fraction of sp³-hybridized carbons (Fsp3) is 0.118. The molecule has 0 aliphatic heterocycles. The van der Waals surface area contributed by atoms with Crippen LogP contribution < -0.4 is 14.5 Å². The third kappa shape index (κ3) is 4.78. The number of para-hydroxylation sites is 2. The van der Waals surface area contributed by atoms with E-state index in [2.05, 4.69) is 16.3 Å². The molecule has 0 bridgehead atoms. The molecule has 236 valence electrons. The topological polar surface area (TPSA) is 136 Å². The summed E-state index contributed by atoms with van der Waals surface area (Å²) in [5, 5.41) is 26.9. The van der Waals surface area contributed by atoms with Crippen molar-refractivity contribution < 1.29 is 14.3 Å². The quantitative estimate of drug-likeness (QED) is 0.122. The summed E-state index contributed by atoms with van der Waals surface area (Å²) >= 11 is 0. The van der Waals surface area contributed by atoms with Crippen molar-refractivity contribution >= 4 is 62.1 Å². The van der Waals surface area contributed by atoms with Crippen LogP contribution in [0.25, 0.3) is 39.0 Å². The summed E-state index contributed by atoms with van der Waals surface area (Å²) in [7, 11) is 5.45. The van der Waals surface area contributed by atoms with Gasteiger partial charge in [-0.3, -0.25) is 14.5 Å². The van der Waals surface area contributed by atoms with Gasteiger partial charge in [-0.25, -0.2) is 0 Å². The fourth-order valence-corrected chi connectivity index (χ4v) is 6.02. The van der Waals surface area contributed by atoms with E-state index in [4.69, 9.17) is 19.8 Å². The van der Waals surface area contributed by atoms with Crippen LogP contribution in [-0.4, -0.2) is 60.2 Å². The number of ether oxygens (including phenoxy) is 1. The van der Waals surface area contributed by atoms with Crippen molar-refractivity contribution in [2.45, 2.75) is 6.61 Å². The van der Waals surface area contributed by atoms with Crippen molar-refractivity contribution in [1.82, 2.24) is 34.1 Å². The molecule has 0 aliphatic rings. The fourth-order valence-electron chi connectivity index (χ4n) is 6.02. The zero-order valence-electron chi connectivity index (χ0n) is 26.2. The Morgan fingerprint density at radius 1 is 0.812 bits per heavy atom. The molecule has 14 heteroatoms. The van der Waals surface area contributed by atoms with Crippen molar-refractivity contribution in [3.63, 3.8) is 0 Å². The number of hydrogen-bond donors (Lipinski definition) is 0. The number of non-ortho nitro benzene ring substituents is 1. The number of anilines is 4. The molecule has 4 aromatic heterocycles. The van der Waals surface area contributed by atoms with E-state index in [0.29, 0.717) is 41.2 Å². The van der Waals surface area contributed by atoms with Crippen molar-refractivity contribution in [2.75, 3.05) is 31.0 Å². The predicted molar refractivity (Wildman–Crippen MR) is 180 cm³/mol. The first-order chi connectivity index (χ1) is 23.4. The molecule has 0 radical (unpaired) electrons. The second-order valence-electron chi connectivity index (χ2n) is 11.3. The molecule has 0 fully saturated rings. The lowest BCUT2D eigenvalue weighted by Gasteiger charge is -2.20. The van der Waals surface area contributed by atoms with E-state index in [-0.39, 0.29) is 5.69 Å². The van der Waals surface area contributed by atoms with Gasteiger partial charge in [0.1, 0.15) is 17.7 Å². The Morgan fingerprint density at radius 2 is 1.50 bits per heavy atom. The van der Waals surface area contributed by atoms with Crippen molar-refractivity contribution in [3.8, 4) is 5.69 Å². The predicted octanol–water partition coefficient (Wildman–Crippen LogP) is 5.34. The minimum atomic E-state index is -0.414. The monoisotopic (exact) mass is 638 g/mol. The largest absolute Gasteiger partial charge is 0.380 e. The van der Waals surface area contributed by atoms with Gasteiger partial charge in [-0.05, 0) is 47.1 Å². The van der Waals surface area contributed by atoms with Gasteiger partial charge in [0.15, 0.2) is 11.5 Å². The molecule has 0 spiro atoms. The SMILES string of the molecule is COCc1cccc(N(C)c2nc3n[n+](-c4cc(N(C)c5nc6nncn6c6ccccc56)cc([N+](=O)[O-])c4)cn3c3ccccc23)c1. The lowest BCUT2D eigenvalue weighted by Crippen LogP contribution is -2.32. The van der Waals surface area contributed by atoms with Gasteiger partial charge in [0, 0.05) is 44.4 Å². The molecule has 0 saturated heterocycles. The van der Waals surface area contributed by atoms with E-state index >= 15 is 0 Å².